The summed E-state index contributed by atoms with van der Waals surface area (Å²) in [6.07, 6.45) is 2.24. The highest BCUT2D eigenvalue weighted by molar-refractivity contribution is 5.89. The lowest BCUT2D eigenvalue weighted by Crippen LogP contribution is -2.52. The van der Waals surface area contributed by atoms with Crippen molar-refractivity contribution in [1.29, 1.82) is 0 Å². The summed E-state index contributed by atoms with van der Waals surface area (Å²) in [6, 6.07) is 4.32. The van der Waals surface area contributed by atoms with Crippen LogP contribution in [-0.2, 0) is 20.8 Å². The number of rotatable bonds is 13. The predicted molar refractivity (Wildman–Crippen MR) is 169 cm³/mol. The summed E-state index contributed by atoms with van der Waals surface area (Å²) in [5, 5.41) is 18.5. The van der Waals surface area contributed by atoms with Crippen LogP contribution >= 0.6 is 0 Å². The summed E-state index contributed by atoms with van der Waals surface area (Å²) < 4.78 is 17.1. The van der Waals surface area contributed by atoms with Crippen molar-refractivity contribution in [3.63, 3.8) is 0 Å². The Labute approximate surface area is 258 Å². The molecule has 5 atom stereocenters. The van der Waals surface area contributed by atoms with Gasteiger partial charge in [-0.3, -0.25) is 14.4 Å². The number of aliphatic carboxylic acids is 1. The zero-order valence-corrected chi connectivity index (χ0v) is 26.8. The first kappa shape index (κ1) is 34.2. The number of anilines is 1. The van der Waals surface area contributed by atoms with Gasteiger partial charge >= 0.3 is 5.97 Å². The standard InChI is InChI=1S/C33H45N3O8/c1-9-17(3)28(32(39)36-29(33(40)41)18(4)10-2)35-24-14-12-21-22(16-25(24)38)23(34-19(5)37)13-11-20-15-26(42-6)30(43-7)31(44-8)27(20)21/h12,14-18,23,28-29H,9-11,13H2,1-8H3,(H,34,37)(H,35,38)(H,36,39)(H,40,41)/t17-,18+,23-,28-,29-/m0/s1. The van der Waals surface area contributed by atoms with Gasteiger partial charge in [0, 0.05) is 12.5 Å². The summed E-state index contributed by atoms with van der Waals surface area (Å²) in [7, 11) is 4.59. The fourth-order valence-corrected chi connectivity index (χ4v) is 5.62. The number of hydrogen-bond acceptors (Lipinski definition) is 8. The SMILES string of the molecule is CC[C@@H](C)[C@H](NC(=O)[C@@H](Nc1ccc2c(cc1=O)[C@@H](NC(C)=O)CCc1cc(OC)c(OC)c(OC)c1-2)[C@@H](C)CC)C(=O)O. The van der Waals surface area contributed by atoms with E-state index in [1.165, 1.54) is 27.2 Å². The Morgan fingerprint density at radius 1 is 0.955 bits per heavy atom. The molecular formula is C33H45N3O8. The molecule has 2 aromatic rings. The summed E-state index contributed by atoms with van der Waals surface area (Å²) in [6.45, 7) is 8.85. The number of carbonyl (C=O) groups is 3. The third kappa shape index (κ3) is 7.26. The minimum atomic E-state index is -1.11. The Balaban J connectivity index is 2.21. The van der Waals surface area contributed by atoms with Gasteiger partial charge in [0.25, 0.3) is 0 Å². The van der Waals surface area contributed by atoms with Crippen LogP contribution < -0.4 is 35.6 Å². The molecule has 1 aliphatic carbocycles. The van der Waals surface area contributed by atoms with Crippen LogP contribution in [0.5, 0.6) is 17.2 Å². The molecule has 0 heterocycles. The Kier molecular flexibility index (Phi) is 11.6. The molecule has 0 fully saturated rings. The van der Waals surface area contributed by atoms with Crippen molar-refractivity contribution in [2.45, 2.75) is 78.4 Å². The number of methoxy groups -OCH3 is 3. The maximum atomic E-state index is 13.8. The van der Waals surface area contributed by atoms with Crippen LogP contribution in [0.2, 0.25) is 0 Å². The van der Waals surface area contributed by atoms with Gasteiger partial charge in [-0.25, -0.2) is 4.79 Å². The van der Waals surface area contributed by atoms with Gasteiger partial charge in [-0.2, -0.15) is 0 Å². The van der Waals surface area contributed by atoms with E-state index in [9.17, 15) is 24.3 Å². The van der Waals surface area contributed by atoms with Crippen molar-refractivity contribution in [2.75, 3.05) is 26.6 Å². The molecule has 2 amide bonds. The molecule has 0 radical (unpaired) electrons. The molecule has 1 aliphatic rings. The zero-order valence-electron chi connectivity index (χ0n) is 26.8. The number of amides is 2. The van der Waals surface area contributed by atoms with E-state index >= 15 is 0 Å². The Morgan fingerprint density at radius 3 is 2.14 bits per heavy atom. The Morgan fingerprint density at radius 2 is 1.59 bits per heavy atom. The van der Waals surface area contributed by atoms with Crippen LogP contribution in [0.15, 0.2) is 29.1 Å². The number of aryl methyl sites for hydroxylation is 1. The van der Waals surface area contributed by atoms with Crippen molar-refractivity contribution in [2.24, 2.45) is 11.8 Å². The van der Waals surface area contributed by atoms with Crippen LogP contribution in [0.1, 0.15) is 71.0 Å². The number of nitrogens with one attached hydrogen (secondary N) is 3. The van der Waals surface area contributed by atoms with E-state index in [0.717, 1.165) is 5.56 Å². The van der Waals surface area contributed by atoms with Gasteiger partial charge in [0.15, 0.2) is 11.5 Å². The van der Waals surface area contributed by atoms with Crippen LogP contribution in [-0.4, -0.2) is 56.3 Å². The quantitative estimate of drug-likeness (QED) is 0.260. The first-order valence-electron chi connectivity index (χ1n) is 15.0. The van der Waals surface area contributed by atoms with E-state index in [4.69, 9.17) is 14.2 Å². The van der Waals surface area contributed by atoms with E-state index in [0.29, 0.717) is 59.6 Å². The topological polar surface area (TPSA) is 152 Å². The molecular weight excluding hydrogens is 566 g/mol. The maximum Gasteiger partial charge on any atom is 0.326 e. The summed E-state index contributed by atoms with van der Waals surface area (Å²) in [5.41, 5.74) is 2.63. The predicted octanol–water partition coefficient (Wildman–Crippen LogP) is 4.31. The second-order valence-electron chi connectivity index (χ2n) is 11.3. The molecule has 3 rings (SSSR count). The summed E-state index contributed by atoms with van der Waals surface area (Å²) >= 11 is 0. The summed E-state index contributed by atoms with van der Waals surface area (Å²) in [4.78, 5) is 51.5. The average molecular weight is 612 g/mol. The largest absolute Gasteiger partial charge is 0.493 e. The van der Waals surface area contributed by atoms with Crippen molar-refractivity contribution in [1.82, 2.24) is 10.6 Å². The highest BCUT2D eigenvalue weighted by Crippen LogP contribution is 2.50. The minimum absolute atomic E-state index is 0.163. The number of carboxylic acid groups (broad SMARTS) is 1. The molecule has 44 heavy (non-hydrogen) atoms. The van der Waals surface area contributed by atoms with Gasteiger partial charge < -0.3 is 35.3 Å². The number of carbonyl (C=O) groups excluding carboxylic acids is 2. The third-order valence-corrected chi connectivity index (χ3v) is 8.50. The van der Waals surface area contributed by atoms with Gasteiger partial charge in [-0.05, 0) is 59.6 Å². The highest BCUT2D eigenvalue weighted by Gasteiger charge is 2.33. The lowest BCUT2D eigenvalue weighted by atomic mass is 9.95. The van der Waals surface area contributed by atoms with Crippen LogP contribution in [0.25, 0.3) is 11.1 Å². The lowest BCUT2D eigenvalue weighted by Gasteiger charge is -2.27. The molecule has 0 saturated heterocycles. The molecule has 2 aromatic carbocycles. The van der Waals surface area contributed by atoms with E-state index in [-0.39, 0.29) is 28.9 Å². The molecule has 4 N–H and O–H groups in total. The van der Waals surface area contributed by atoms with E-state index < -0.39 is 30.0 Å². The molecule has 0 bridgehead atoms. The molecule has 0 saturated carbocycles. The van der Waals surface area contributed by atoms with Crippen LogP contribution in [0.3, 0.4) is 0 Å². The Hall–Kier alpha value is -4.28. The van der Waals surface area contributed by atoms with Gasteiger partial charge in [0.1, 0.15) is 12.1 Å². The van der Waals surface area contributed by atoms with Gasteiger partial charge in [-0.15, -0.1) is 0 Å². The monoisotopic (exact) mass is 611 g/mol. The van der Waals surface area contributed by atoms with Crippen molar-refractivity contribution < 1.29 is 33.7 Å². The molecule has 11 heteroatoms. The van der Waals surface area contributed by atoms with Gasteiger partial charge in [0.05, 0.1) is 33.1 Å². The number of carboxylic acids is 1. The van der Waals surface area contributed by atoms with Gasteiger partial charge in [0.2, 0.25) is 23.0 Å². The third-order valence-electron chi connectivity index (χ3n) is 8.50. The minimum Gasteiger partial charge on any atom is -0.493 e. The van der Waals surface area contributed by atoms with E-state index in [1.807, 2.05) is 26.8 Å². The molecule has 240 valence electrons. The zero-order chi connectivity index (χ0) is 32.7. The molecule has 0 unspecified atom stereocenters. The second kappa shape index (κ2) is 14.9. The first-order chi connectivity index (χ1) is 20.9. The molecule has 0 spiro atoms. The summed E-state index contributed by atoms with van der Waals surface area (Å²) in [5.74, 6) is -1.05. The molecule has 11 nitrogen and oxygen atoms in total. The second-order valence-corrected chi connectivity index (χ2v) is 11.3. The molecule has 0 aromatic heterocycles. The molecule has 0 aliphatic heterocycles. The number of ether oxygens (including phenoxy) is 3. The first-order valence-corrected chi connectivity index (χ1v) is 15.0. The fourth-order valence-electron chi connectivity index (χ4n) is 5.62. The van der Waals surface area contributed by atoms with E-state index in [2.05, 4.69) is 16.0 Å². The average Bonchev–Trinajstić information content (AvgIpc) is 3.24. The number of hydrogen-bond donors (Lipinski definition) is 4. The van der Waals surface area contributed by atoms with Crippen LogP contribution in [0.4, 0.5) is 5.69 Å². The van der Waals surface area contributed by atoms with Gasteiger partial charge in [-0.1, -0.05) is 46.6 Å². The maximum absolute atomic E-state index is 13.8. The van der Waals surface area contributed by atoms with Crippen molar-refractivity contribution >= 4 is 23.5 Å². The van der Waals surface area contributed by atoms with E-state index in [1.54, 1.807) is 26.2 Å². The smallest absolute Gasteiger partial charge is 0.326 e. The normalized spacial score (nSPS) is 16.5. The lowest BCUT2D eigenvalue weighted by molar-refractivity contribution is -0.143. The highest BCUT2D eigenvalue weighted by atomic mass is 16.5. The van der Waals surface area contributed by atoms with Crippen molar-refractivity contribution in [3.8, 4) is 28.4 Å². The number of benzene rings is 1. The number of fused-ring (bicyclic) bond motifs is 3. The fraction of sp³-hybridized carbons (Fsp3) is 0.515. The van der Waals surface area contributed by atoms with Crippen LogP contribution in [0, 0.1) is 11.8 Å². The van der Waals surface area contributed by atoms with Crippen molar-refractivity contribution in [3.05, 3.63) is 45.6 Å². The Bertz CT molecular complexity index is 1440.